The number of benzene rings is 5. The van der Waals surface area contributed by atoms with Crippen LogP contribution in [0.3, 0.4) is 0 Å². The molecule has 1 N–H and O–H groups in total. The molecule has 5 aromatic carbocycles. The molecule has 0 saturated carbocycles. The maximum atomic E-state index is 14.2. The molecule has 1 aliphatic rings. The van der Waals surface area contributed by atoms with Crippen LogP contribution < -0.4 is 18.9 Å². The molecule has 1 saturated heterocycles. The van der Waals surface area contributed by atoms with Gasteiger partial charge >= 0.3 is 5.97 Å². The van der Waals surface area contributed by atoms with Gasteiger partial charge in [0.25, 0.3) is 5.91 Å². The van der Waals surface area contributed by atoms with Crippen LogP contribution in [0.2, 0.25) is 0 Å². The Balaban J connectivity index is 1.31. The number of unbranched alkanes of at least 4 members (excludes halogenated alkanes) is 12. The SMILES string of the molecule is CCCCCCOc1ccc(-c2c(-c3ccc(OCCCCCC)cc3)c3ccc4c(-c5ccc(OCCCCCC)cc5)c(-c5ccc(OCCCCCC)cc5)c5c(/C=C6\SC(=S)N(CC(=O)O)C6=O)ccc2c5n34)cc1. The molecule has 412 valence electrons. The second-order valence-corrected chi connectivity index (χ2v) is 22.4. The molecule has 11 heteroatoms. The number of carbonyl (C=O) groups is 2. The molecule has 79 heavy (non-hydrogen) atoms. The van der Waals surface area contributed by atoms with Gasteiger partial charge in [-0.15, -0.1) is 0 Å². The number of pyridine rings is 2. The van der Waals surface area contributed by atoms with Crippen LogP contribution in [0.4, 0.5) is 0 Å². The number of thiocarbonyl (C=S) groups is 1. The topological polar surface area (TPSA) is 98.9 Å². The first-order chi connectivity index (χ1) is 38.7. The van der Waals surface area contributed by atoms with Crippen molar-refractivity contribution < 1.29 is 33.6 Å². The fourth-order valence-corrected chi connectivity index (χ4v) is 12.1. The summed E-state index contributed by atoms with van der Waals surface area (Å²) >= 11 is 6.80. The van der Waals surface area contributed by atoms with Crippen LogP contribution in [-0.2, 0) is 9.59 Å². The van der Waals surface area contributed by atoms with Gasteiger partial charge in [0.15, 0.2) is 0 Å². The number of hydrogen-bond donors (Lipinski definition) is 1. The number of hydrogen-bond acceptors (Lipinski definition) is 8. The molecule has 0 radical (unpaired) electrons. The van der Waals surface area contributed by atoms with Gasteiger partial charge in [-0.3, -0.25) is 14.5 Å². The van der Waals surface area contributed by atoms with E-state index in [-0.39, 0.29) is 4.32 Å². The van der Waals surface area contributed by atoms with Gasteiger partial charge in [-0.25, -0.2) is 0 Å². The van der Waals surface area contributed by atoms with E-state index in [0.29, 0.717) is 31.3 Å². The van der Waals surface area contributed by atoms with Gasteiger partial charge in [0.1, 0.15) is 33.9 Å². The minimum absolute atomic E-state index is 0.214. The van der Waals surface area contributed by atoms with E-state index >= 15 is 0 Å². The molecule has 4 heterocycles. The van der Waals surface area contributed by atoms with E-state index in [1.165, 1.54) is 49.8 Å². The normalized spacial score (nSPS) is 13.2. The first kappa shape index (κ1) is 56.9. The first-order valence-corrected chi connectivity index (χ1v) is 30.2. The molecule has 1 amide bonds. The standard InChI is InChI=1S/C68H76N2O7S2/c1-5-9-13-17-41-74-52-30-21-47(22-31-52)61-56-38-29-51(45-59-67(73)69(46-60(71)72)68(78)79-59)65-64(50-27-36-55(37-28-50)77-44-20-16-12-8-4)63(49-25-34-54(35-26-49)76-43-19-15-11-7-3)58-40-39-57(70(58)66(56)65)62(61)48-23-32-53(33-24-48)75-42-18-14-10-6-2/h21-40,45H,5-20,41-44,46H2,1-4H3,(H,71,72)/b59-45-. The summed E-state index contributed by atoms with van der Waals surface area (Å²) in [5.74, 6) is 1.74. The van der Waals surface area contributed by atoms with Crippen molar-refractivity contribution in [2.75, 3.05) is 33.0 Å². The van der Waals surface area contributed by atoms with Crippen LogP contribution in [0, 0.1) is 0 Å². The fourth-order valence-electron chi connectivity index (χ4n) is 10.8. The third-order valence-corrected chi connectivity index (χ3v) is 16.3. The van der Waals surface area contributed by atoms with E-state index in [0.717, 1.165) is 170 Å². The Kier molecular flexibility index (Phi) is 20.1. The Labute approximate surface area is 476 Å². The molecule has 0 bridgehead atoms. The summed E-state index contributed by atoms with van der Waals surface area (Å²) in [6, 6.07) is 42.8. The number of thioether (sulfide) groups is 1. The maximum absolute atomic E-state index is 14.2. The van der Waals surface area contributed by atoms with Crippen molar-refractivity contribution >= 4 is 73.6 Å². The number of aliphatic carboxylic acids is 1. The number of carboxylic acids is 1. The largest absolute Gasteiger partial charge is 0.494 e. The fraction of sp³-hybridized carbons (Fsp3) is 0.368. The second kappa shape index (κ2) is 27.9. The van der Waals surface area contributed by atoms with E-state index in [1.807, 2.05) is 6.08 Å². The zero-order valence-electron chi connectivity index (χ0n) is 46.6. The van der Waals surface area contributed by atoms with Gasteiger partial charge in [-0.2, -0.15) is 0 Å². The summed E-state index contributed by atoms with van der Waals surface area (Å²) in [7, 11) is 0. The van der Waals surface area contributed by atoms with Crippen LogP contribution in [0.1, 0.15) is 136 Å². The minimum atomic E-state index is -1.13. The van der Waals surface area contributed by atoms with Crippen LogP contribution >= 0.6 is 24.0 Å². The highest BCUT2D eigenvalue weighted by molar-refractivity contribution is 8.26. The summed E-state index contributed by atoms with van der Waals surface area (Å²) in [5.41, 5.74) is 12.0. The van der Waals surface area contributed by atoms with E-state index in [2.05, 4.69) is 153 Å². The average molecular weight is 1100 g/mol. The number of aromatic nitrogens is 1. The summed E-state index contributed by atoms with van der Waals surface area (Å²) < 4.78 is 27.9. The average Bonchev–Trinajstić information content (AvgIpc) is 3.43. The monoisotopic (exact) mass is 1100 g/mol. The van der Waals surface area contributed by atoms with Crippen molar-refractivity contribution in [3.05, 3.63) is 132 Å². The van der Waals surface area contributed by atoms with Gasteiger partial charge in [-0.05, 0) is 120 Å². The predicted octanol–water partition coefficient (Wildman–Crippen LogP) is 18.5. The highest BCUT2D eigenvalue weighted by atomic mass is 32.2. The number of carboxylic acid groups (broad SMARTS) is 1. The van der Waals surface area contributed by atoms with E-state index in [4.69, 9.17) is 31.2 Å². The molecular weight excluding hydrogens is 1020 g/mol. The lowest BCUT2D eigenvalue weighted by molar-refractivity contribution is -0.140. The first-order valence-electron chi connectivity index (χ1n) is 29.0. The maximum Gasteiger partial charge on any atom is 0.323 e. The number of rotatable bonds is 31. The third kappa shape index (κ3) is 13.4. The van der Waals surface area contributed by atoms with Gasteiger partial charge in [-0.1, -0.05) is 189 Å². The predicted molar refractivity (Wildman–Crippen MR) is 331 cm³/mol. The molecule has 1 fully saturated rings. The molecule has 9 rings (SSSR count). The number of ether oxygens (including phenoxy) is 4. The van der Waals surface area contributed by atoms with Crippen LogP contribution in [-0.4, -0.2) is 63.6 Å². The molecule has 0 unspecified atom stereocenters. The molecule has 1 aliphatic heterocycles. The molecule has 0 aliphatic carbocycles. The highest BCUT2D eigenvalue weighted by Crippen LogP contribution is 2.52. The van der Waals surface area contributed by atoms with E-state index < -0.39 is 18.4 Å². The highest BCUT2D eigenvalue weighted by Gasteiger charge is 2.34. The molecule has 0 spiro atoms. The number of nitrogens with zero attached hydrogens (tertiary/aromatic N) is 2. The van der Waals surface area contributed by atoms with Crippen LogP contribution in [0.5, 0.6) is 23.0 Å². The van der Waals surface area contributed by atoms with Crippen molar-refractivity contribution in [3.8, 4) is 67.5 Å². The van der Waals surface area contributed by atoms with Crippen molar-refractivity contribution in [1.29, 1.82) is 0 Å². The Morgan fingerprint density at radius 1 is 0.494 bits per heavy atom. The Bertz CT molecular complexity index is 3330. The van der Waals surface area contributed by atoms with Gasteiger partial charge in [0, 0.05) is 33.0 Å². The molecule has 8 aromatic rings. The second-order valence-electron chi connectivity index (χ2n) is 20.8. The van der Waals surface area contributed by atoms with E-state index in [1.54, 1.807) is 0 Å². The Hall–Kier alpha value is -6.82. The van der Waals surface area contributed by atoms with Crippen molar-refractivity contribution in [1.82, 2.24) is 9.30 Å². The summed E-state index contributed by atoms with van der Waals surface area (Å²) in [5, 5.41) is 11.8. The molecule has 9 nitrogen and oxygen atoms in total. The lowest BCUT2D eigenvalue weighted by Gasteiger charge is -2.25. The van der Waals surface area contributed by atoms with Crippen molar-refractivity contribution in [2.24, 2.45) is 0 Å². The van der Waals surface area contributed by atoms with Crippen LogP contribution in [0.25, 0.3) is 77.9 Å². The minimum Gasteiger partial charge on any atom is -0.494 e. The Morgan fingerprint density at radius 3 is 1.27 bits per heavy atom. The lowest BCUT2D eigenvalue weighted by Crippen LogP contribution is -2.33. The van der Waals surface area contributed by atoms with Crippen molar-refractivity contribution in [3.63, 3.8) is 0 Å². The van der Waals surface area contributed by atoms with E-state index in [9.17, 15) is 14.7 Å². The zero-order chi connectivity index (χ0) is 55.1. The van der Waals surface area contributed by atoms with Crippen molar-refractivity contribution in [2.45, 2.75) is 130 Å². The summed E-state index contributed by atoms with van der Waals surface area (Å²) in [6.07, 6.45) is 19.9. The summed E-state index contributed by atoms with van der Waals surface area (Å²) in [6.45, 7) is 11.0. The summed E-state index contributed by atoms with van der Waals surface area (Å²) in [4.78, 5) is 27.8. The Morgan fingerprint density at radius 2 is 0.873 bits per heavy atom. The third-order valence-electron chi connectivity index (χ3n) is 14.9. The smallest absolute Gasteiger partial charge is 0.323 e. The molecular formula is C68H76N2O7S2. The van der Waals surface area contributed by atoms with Crippen LogP contribution in [0.15, 0.2) is 126 Å². The molecule has 0 atom stereocenters. The molecule has 3 aromatic heterocycles. The quantitative estimate of drug-likeness (QED) is 0.0259. The number of amides is 1. The van der Waals surface area contributed by atoms with Gasteiger partial charge in [0.2, 0.25) is 0 Å². The zero-order valence-corrected chi connectivity index (χ0v) is 48.2. The lowest BCUT2D eigenvalue weighted by atomic mass is 9.85. The van der Waals surface area contributed by atoms with Gasteiger partial charge in [0.05, 0.1) is 47.9 Å². The number of carbonyl (C=O) groups excluding carboxylic acids is 1. The van der Waals surface area contributed by atoms with Gasteiger partial charge < -0.3 is 28.5 Å².